The lowest BCUT2D eigenvalue weighted by Gasteiger charge is -2.37. The van der Waals surface area contributed by atoms with Gasteiger partial charge in [0.2, 0.25) is 0 Å². The van der Waals surface area contributed by atoms with Crippen LogP contribution in [0.3, 0.4) is 0 Å². The van der Waals surface area contributed by atoms with Crippen molar-refractivity contribution < 1.29 is 26.9 Å². The van der Waals surface area contributed by atoms with E-state index < -0.39 is 12.8 Å². The van der Waals surface area contributed by atoms with E-state index in [4.69, 9.17) is 0 Å². The number of halogens is 4. The predicted octanol–water partition coefficient (Wildman–Crippen LogP) is 2.98. The Labute approximate surface area is 147 Å². The van der Waals surface area contributed by atoms with E-state index in [1.165, 1.54) is 5.57 Å². The van der Waals surface area contributed by atoms with Crippen molar-refractivity contribution in [2.24, 2.45) is 5.92 Å². The molecule has 0 N–H and O–H groups in total. The molecule has 1 aliphatic heterocycles. The number of hydrogen-bond donors (Lipinski definition) is 0. The van der Waals surface area contributed by atoms with Crippen molar-refractivity contribution in [2.75, 3.05) is 0 Å². The lowest BCUT2D eigenvalue weighted by atomic mass is 9.66. The number of aryl methyl sites for hydroxylation is 1. The molecule has 0 saturated heterocycles. The van der Waals surface area contributed by atoms with Crippen molar-refractivity contribution >= 4 is 13.5 Å². The van der Waals surface area contributed by atoms with Crippen molar-refractivity contribution in [3.63, 3.8) is 0 Å². The summed E-state index contributed by atoms with van der Waals surface area (Å²) in [7, 11) is -6.00. The highest BCUT2D eigenvalue weighted by atomic mass is 19.5. The molecule has 0 aromatic carbocycles. The van der Waals surface area contributed by atoms with E-state index in [1.54, 1.807) is 9.36 Å². The summed E-state index contributed by atoms with van der Waals surface area (Å²) >= 11 is 0. The van der Waals surface area contributed by atoms with Crippen molar-refractivity contribution in [3.8, 4) is 0 Å². The second-order valence-corrected chi connectivity index (χ2v) is 6.61. The highest BCUT2D eigenvalue weighted by Gasteiger charge is 2.64. The number of allylic oxidation sites excluding steroid dienone is 1. The van der Waals surface area contributed by atoms with E-state index in [-0.39, 0.29) is 10.8 Å². The Bertz CT molecular complexity index is 783. The Hall–Kier alpha value is -2.27. The Morgan fingerprint density at radius 3 is 2.42 bits per heavy atom. The monoisotopic (exact) mass is 377 g/mol. The minimum absolute atomic E-state index is 0.120. The standard InChI is InChI=1S/C14H20N5O2.BF4/c1-5-17-13-14(19(20)21)7-10(3)9(2)6-12(14)11(4)8-18(13)16-15-17;2-1(3,4)5/h8,12H,5-7H2,1-4H3;/q+1;-1/t12-,14+;/m1./s1. The molecule has 144 valence electrons. The first kappa shape index (κ1) is 20.1. The molecule has 12 heteroatoms. The van der Waals surface area contributed by atoms with Gasteiger partial charge in [0, 0.05) is 4.92 Å². The molecule has 0 unspecified atom stereocenters. The van der Waals surface area contributed by atoms with E-state index in [1.807, 2.05) is 27.0 Å². The maximum atomic E-state index is 12.1. The average Bonchev–Trinajstić information content (AvgIpc) is 2.90. The summed E-state index contributed by atoms with van der Waals surface area (Å²) in [6, 6.07) is 0. The number of fused-ring (bicyclic) bond motifs is 3. The van der Waals surface area contributed by atoms with Gasteiger partial charge in [-0.05, 0) is 39.7 Å². The summed E-state index contributed by atoms with van der Waals surface area (Å²) in [5, 5.41) is 20.3. The molecule has 1 aromatic heterocycles. The van der Waals surface area contributed by atoms with E-state index in [0.717, 1.165) is 17.6 Å². The Morgan fingerprint density at radius 1 is 1.35 bits per heavy atom. The number of nitrogens with zero attached hydrogens (tertiary/aromatic N) is 5. The third-order valence-electron chi connectivity index (χ3n) is 4.94. The predicted molar refractivity (Wildman–Crippen MR) is 85.8 cm³/mol. The molecule has 26 heavy (non-hydrogen) atoms. The molecule has 0 radical (unpaired) electrons. The molecule has 7 nitrogen and oxygen atoms in total. The molecule has 0 spiro atoms. The molecule has 2 atom stereocenters. The zero-order chi connectivity index (χ0) is 19.9. The van der Waals surface area contributed by atoms with Crippen LogP contribution in [0, 0.1) is 16.0 Å². The molecule has 1 aromatic rings. The van der Waals surface area contributed by atoms with Crippen LogP contribution in [0.15, 0.2) is 16.7 Å². The first-order valence-corrected chi connectivity index (χ1v) is 8.13. The van der Waals surface area contributed by atoms with Crippen LogP contribution in [-0.4, -0.2) is 27.3 Å². The molecular formula is C14H20BF4N5O2. The average molecular weight is 377 g/mol. The fourth-order valence-corrected chi connectivity index (χ4v) is 3.67. The molecule has 2 aliphatic rings. The lowest BCUT2D eigenvalue weighted by Crippen LogP contribution is -2.57. The summed E-state index contributed by atoms with van der Waals surface area (Å²) in [5.41, 5.74) is 2.21. The van der Waals surface area contributed by atoms with Crippen LogP contribution in [0.4, 0.5) is 17.3 Å². The van der Waals surface area contributed by atoms with Crippen molar-refractivity contribution in [1.29, 1.82) is 0 Å². The molecule has 1 aliphatic carbocycles. The minimum atomic E-state index is -6.00. The smallest absolute Gasteiger partial charge is 0.418 e. The number of rotatable bonds is 2. The molecule has 0 amide bonds. The van der Waals surface area contributed by atoms with Gasteiger partial charge in [-0.1, -0.05) is 15.8 Å². The maximum Gasteiger partial charge on any atom is 0.673 e. The number of nitro groups is 1. The van der Waals surface area contributed by atoms with Gasteiger partial charge in [0.05, 0.1) is 18.9 Å². The van der Waals surface area contributed by atoms with Gasteiger partial charge in [-0.25, -0.2) is 0 Å². The Balaban J connectivity index is 0.000000431. The van der Waals surface area contributed by atoms with Gasteiger partial charge in [0.1, 0.15) is 11.4 Å². The number of tetrazole rings is 1. The second kappa shape index (κ2) is 6.80. The quantitative estimate of drug-likeness (QED) is 0.198. The molecular weight excluding hydrogens is 357 g/mol. The fraction of sp³-hybridized carbons (Fsp3) is 0.643. The largest absolute Gasteiger partial charge is 0.673 e. The van der Waals surface area contributed by atoms with E-state index in [2.05, 4.69) is 17.4 Å². The molecule has 0 bridgehead atoms. The number of hydrogen-bond acceptors (Lipinski definition) is 4. The van der Waals surface area contributed by atoms with Crippen LogP contribution in [0.5, 0.6) is 0 Å². The lowest BCUT2D eigenvalue weighted by molar-refractivity contribution is -0.780. The van der Waals surface area contributed by atoms with Gasteiger partial charge in [-0.3, -0.25) is 10.1 Å². The normalized spacial score (nSPS) is 24.9. The molecule has 3 rings (SSSR count). The van der Waals surface area contributed by atoms with Crippen LogP contribution in [0.2, 0.25) is 0 Å². The topological polar surface area (TPSA) is 77.7 Å². The van der Waals surface area contributed by atoms with Gasteiger partial charge in [0.25, 0.3) is 0 Å². The molecule has 0 fully saturated rings. The summed E-state index contributed by atoms with van der Waals surface area (Å²) in [6.45, 7) is 8.53. The van der Waals surface area contributed by atoms with Crippen LogP contribution < -0.4 is 4.68 Å². The Kier molecular flexibility index (Phi) is 5.25. The molecule has 0 saturated carbocycles. The van der Waals surface area contributed by atoms with Crippen molar-refractivity contribution in [2.45, 2.75) is 52.6 Å². The summed E-state index contributed by atoms with van der Waals surface area (Å²) in [5.74, 6) is 0.470. The summed E-state index contributed by atoms with van der Waals surface area (Å²) in [6.07, 6.45) is 3.04. The molecule has 2 heterocycles. The fourth-order valence-electron chi connectivity index (χ4n) is 3.67. The summed E-state index contributed by atoms with van der Waals surface area (Å²) in [4.78, 5) is 12.0. The van der Waals surface area contributed by atoms with E-state index in [0.29, 0.717) is 18.8 Å². The maximum absolute atomic E-state index is 12.1. The first-order chi connectivity index (χ1) is 11.9. The van der Waals surface area contributed by atoms with Crippen molar-refractivity contribution in [3.05, 3.63) is 32.7 Å². The van der Waals surface area contributed by atoms with E-state index >= 15 is 0 Å². The van der Waals surface area contributed by atoms with Crippen LogP contribution in [0.1, 0.15) is 46.4 Å². The minimum Gasteiger partial charge on any atom is -0.418 e. The van der Waals surface area contributed by atoms with E-state index in [9.17, 15) is 27.4 Å². The van der Waals surface area contributed by atoms with Gasteiger partial charge in [-0.15, -0.1) is 4.68 Å². The zero-order valence-electron chi connectivity index (χ0n) is 14.9. The van der Waals surface area contributed by atoms with Crippen LogP contribution >= 0.6 is 0 Å². The van der Waals surface area contributed by atoms with Gasteiger partial charge in [0.15, 0.2) is 5.21 Å². The summed E-state index contributed by atoms with van der Waals surface area (Å²) < 4.78 is 42.2. The number of aromatic nitrogens is 4. The Morgan fingerprint density at radius 2 is 1.92 bits per heavy atom. The SMILES string of the molecule is CC[n+]1nnn2c1[C@]1([N+](=O)[O-])CC(C)=C(C)C[C@@H]1C(C)=C2.F[B-](F)(F)F. The third-order valence-corrected chi connectivity index (χ3v) is 4.94. The highest BCUT2D eigenvalue weighted by molar-refractivity contribution is 6.50. The van der Waals surface area contributed by atoms with Crippen LogP contribution in [0.25, 0.3) is 6.20 Å². The first-order valence-electron chi connectivity index (χ1n) is 8.13. The van der Waals surface area contributed by atoms with Crippen molar-refractivity contribution in [1.82, 2.24) is 15.1 Å². The third kappa shape index (κ3) is 3.49. The van der Waals surface area contributed by atoms with Crippen LogP contribution in [-0.2, 0) is 12.1 Å². The zero-order valence-corrected chi connectivity index (χ0v) is 14.9. The van der Waals surface area contributed by atoms with Gasteiger partial charge in [-0.2, -0.15) is 0 Å². The highest BCUT2D eigenvalue weighted by Crippen LogP contribution is 2.50. The van der Waals surface area contributed by atoms with Gasteiger partial charge >= 0.3 is 18.6 Å². The van der Waals surface area contributed by atoms with Gasteiger partial charge < -0.3 is 17.3 Å². The second-order valence-electron chi connectivity index (χ2n) is 6.61.